The standard InChI is InChI=1S/C14H12BrN3S/c1-9-11(15)7-12-13(16-9)18-14(17-12)19-8-10-5-3-2-4-6-10/h2-7H,8H2,1H3,(H,16,17,18). The summed E-state index contributed by atoms with van der Waals surface area (Å²) < 4.78 is 1.00. The predicted molar refractivity (Wildman–Crippen MR) is 82.3 cm³/mol. The van der Waals surface area contributed by atoms with Crippen LogP contribution in [0.2, 0.25) is 0 Å². The fraction of sp³-hybridized carbons (Fsp3) is 0.143. The molecule has 0 aliphatic heterocycles. The molecule has 3 aromatic rings. The number of aromatic amines is 1. The van der Waals surface area contributed by atoms with Crippen molar-refractivity contribution < 1.29 is 0 Å². The largest absolute Gasteiger partial charge is 0.331 e. The molecule has 3 nitrogen and oxygen atoms in total. The van der Waals surface area contributed by atoms with Crippen molar-refractivity contribution in [2.45, 2.75) is 17.8 Å². The summed E-state index contributed by atoms with van der Waals surface area (Å²) in [5.41, 5.74) is 3.99. The Morgan fingerprint density at radius 1 is 1.21 bits per heavy atom. The van der Waals surface area contributed by atoms with Crippen LogP contribution in [0.3, 0.4) is 0 Å². The Balaban J connectivity index is 1.82. The number of H-pyrrole nitrogens is 1. The summed E-state index contributed by atoms with van der Waals surface area (Å²) in [5.74, 6) is 0.904. The van der Waals surface area contributed by atoms with Crippen LogP contribution >= 0.6 is 27.7 Å². The second-order valence-electron chi connectivity index (χ2n) is 4.24. The summed E-state index contributed by atoms with van der Waals surface area (Å²) in [7, 11) is 0. The van der Waals surface area contributed by atoms with Crippen LogP contribution in [-0.4, -0.2) is 15.0 Å². The lowest BCUT2D eigenvalue weighted by Gasteiger charge is -1.97. The fourth-order valence-electron chi connectivity index (χ4n) is 1.78. The molecular formula is C14H12BrN3S. The first kappa shape index (κ1) is 12.7. The van der Waals surface area contributed by atoms with E-state index in [-0.39, 0.29) is 0 Å². The third-order valence-corrected chi connectivity index (χ3v) is 4.55. The smallest absolute Gasteiger partial charge is 0.178 e. The number of nitrogens with one attached hydrogen (secondary N) is 1. The number of aryl methyl sites for hydroxylation is 1. The number of benzene rings is 1. The number of nitrogens with zero attached hydrogens (tertiary/aromatic N) is 2. The SMILES string of the molecule is Cc1nc2nc(SCc3ccccc3)[nH]c2cc1Br. The van der Waals surface area contributed by atoms with E-state index in [0.29, 0.717) is 0 Å². The molecule has 1 N–H and O–H groups in total. The molecular weight excluding hydrogens is 322 g/mol. The molecule has 5 heteroatoms. The quantitative estimate of drug-likeness (QED) is 0.725. The van der Waals surface area contributed by atoms with Crippen LogP contribution in [0.15, 0.2) is 46.0 Å². The summed E-state index contributed by atoms with van der Waals surface area (Å²) in [4.78, 5) is 12.2. The van der Waals surface area contributed by atoms with Gasteiger partial charge in [0.1, 0.15) is 0 Å². The van der Waals surface area contributed by atoms with Gasteiger partial charge in [-0.05, 0) is 34.5 Å². The van der Waals surface area contributed by atoms with Crippen LogP contribution < -0.4 is 0 Å². The minimum atomic E-state index is 0.774. The average Bonchev–Trinajstić information content (AvgIpc) is 2.80. The van der Waals surface area contributed by atoms with Crippen LogP contribution in [0, 0.1) is 6.92 Å². The lowest BCUT2D eigenvalue weighted by molar-refractivity contribution is 1.07. The van der Waals surface area contributed by atoms with Gasteiger partial charge in [-0.3, -0.25) is 0 Å². The Morgan fingerprint density at radius 3 is 2.79 bits per heavy atom. The summed E-state index contributed by atoms with van der Waals surface area (Å²) in [6.45, 7) is 1.97. The predicted octanol–water partition coefficient (Wildman–Crippen LogP) is 4.32. The second-order valence-corrected chi connectivity index (χ2v) is 6.06. The van der Waals surface area contributed by atoms with Crippen LogP contribution in [0.25, 0.3) is 11.2 Å². The number of imidazole rings is 1. The Labute approximate surface area is 124 Å². The Hall–Kier alpha value is -1.33. The first-order valence-corrected chi connectivity index (χ1v) is 7.70. The van der Waals surface area contributed by atoms with E-state index in [1.807, 2.05) is 19.1 Å². The molecule has 96 valence electrons. The zero-order valence-corrected chi connectivity index (χ0v) is 12.8. The fourth-order valence-corrected chi connectivity index (χ4v) is 2.93. The number of halogens is 1. The summed E-state index contributed by atoms with van der Waals surface area (Å²) in [6.07, 6.45) is 0. The van der Waals surface area contributed by atoms with Gasteiger partial charge in [0.2, 0.25) is 0 Å². The molecule has 3 rings (SSSR count). The maximum absolute atomic E-state index is 4.51. The van der Waals surface area contributed by atoms with Gasteiger partial charge in [-0.1, -0.05) is 42.1 Å². The average molecular weight is 334 g/mol. The molecule has 0 atom stereocenters. The van der Waals surface area contributed by atoms with Gasteiger partial charge in [-0.25, -0.2) is 9.97 Å². The van der Waals surface area contributed by atoms with Crippen molar-refractivity contribution in [3.8, 4) is 0 Å². The van der Waals surface area contributed by atoms with Gasteiger partial charge in [-0.2, -0.15) is 0 Å². The highest BCUT2D eigenvalue weighted by molar-refractivity contribution is 9.10. The van der Waals surface area contributed by atoms with Crippen molar-refractivity contribution in [1.29, 1.82) is 0 Å². The first-order valence-electron chi connectivity index (χ1n) is 5.92. The van der Waals surface area contributed by atoms with Crippen molar-refractivity contribution in [1.82, 2.24) is 15.0 Å². The van der Waals surface area contributed by atoms with Gasteiger partial charge in [-0.15, -0.1) is 0 Å². The summed E-state index contributed by atoms with van der Waals surface area (Å²) >= 11 is 5.17. The second kappa shape index (κ2) is 5.35. The number of thioether (sulfide) groups is 1. The Bertz CT molecular complexity index is 670. The molecule has 0 amide bonds. The highest BCUT2D eigenvalue weighted by Crippen LogP contribution is 2.24. The minimum absolute atomic E-state index is 0.774. The normalized spacial score (nSPS) is 11.1. The van der Waals surface area contributed by atoms with Gasteiger partial charge < -0.3 is 4.98 Å². The molecule has 0 saturated carbocycles. The third-order valence-electron chi connectivity index (χ3n) is 2.80. The van der Waals surface area contributed by atoms with Gasteiger partial charge in [0, 0.05) is 10.2 Å². The molecule has 19 heavy (non-hydrogen) atoms. The van der Waals surface area contributed by atoms with Gasteiger partial charge in [0.15, 0.2) is 10.8 Å². The highest BCUT2D eigenvalue weighted by atomic mass is 79.9. The van der Waals surface area contributed by atoms with Crippen molar-refractivity contribution in [2.75, 3.05) is 0 Å². The summed E-state index contributed by atoms with van der Waals surface area (Å²) in [6, 6.07) is 12.4. The zero-order chi connectivity index (χ0) is 13.2. The van der Waals surface area contributed by atoms with Crippen molar-refractivity contribution >= 4 is 38.9 Å². The minimum Gasteiger partial charge on any atom is -0.331 e. The molecule has 0 bridgehead atoms. The van der Waals surface area contributed by atoms with E-state index in [1.54, 1.807) is 11.8 Å². The molecule has 0 unspecified atom stereocenters. The molecule has 2 aromatic heterocycles. The number of aromatic nitrogens is 3. The topological polar surface area (TPSA) is 41.6 Å². The van der Waals surface area contributed by atoms with Crippen LogP contribution in [0.4, 0.5) is 0 Å². The number of hydrogen-bond acceptors (Lipinski definition) is 3. The maximum atomic E-state index is 4.51. The van der Waals surface area contributed by atoms with Crippen molar-refractivity contribution in [3.05, 3.63) is 52.1 Å². The van der Waals surface area contributed by atoms with Gasteiger partial charge in [0.25, 0.3) is 0 Å². The summed E-state index contributed by atoms with van der Waals surface area (Å²) in [5, 5.41) is 0.906. The van der Waals surface area contributed by atoms with E-state index < -0.39 is 0 Å². The lowest BCUT2D eigenvalue weighted by atomic mass is 10.2. The number of rotatable bonds is 3. The van der Waals surface area contributed by atoms with Gasteiger partial charge >= 0.3 is 0 Å². The molecule has 0 aliphatic carbocycles. The van der Waals surface area contributed by atoms with E-state index in [9.17, 15) is 0 Å². The number of fused-ring (bicyclic) bond motifs is 1. The van der Waals surface area contributed by atoms with Crippen molar-refractivity contribution in [2.24, 2.45) is 0 Å². The van der Waals surface area contributed by atoms with Crippen LogP contribution in [0.5, 0.6) is 0 Å². The van der Waals surface area contributed by atoms with E-state index in [4.69, 9.17) is 0 Å². The zero-order valence-electron chi connectivity index (χ0n) is 10.4. The molecule has 0 fully saturated rings. The molecule has 0 aliphatic rings. The lowest BCUT2D eigenvalue weighted by Crippen LogP contribution is -1.83. The number of pyridine rings is 1. The maximum Gasteiger partial charge on any atom is 0.178 e. The third kappa shape index (κ3) is 2.82. The van der Waals surface area contributed by atoms with E-state index in [2.05, 4.69) is 55.1 Å². The van der Waals surface area contributed by atoms with E-state index in [0.717, 1.165) is 32.2 Å². The highest BCUT2D eigenvalue weighted by Gasteiger charge is 2.07. The van der Waals surface area contributed by atoms with Crippen LogP contribution in [0.1, 0.15) is 11.3 Å². The molecule has 2 heterocycles. The Morgan fingerprint density at radius 2 is 2.00 bits per heavy atom. The van der Waals surface area contributed by atoms with E-state index in [1.165, 1.54) is 5.56 Å². The van der Waals surface area contributed by atoms with Gasteiger partial charge in [0.05, 0.1) is 11.2 Å². The monoisotopic (exact) mass is 333 g/mol. The molecule has 0 radical (unpaired) electrons. The molecule has 0 spiro atoms. The van der Waals surface area contributed by atoms with Crippen LogP contribution in [-0.2, 0) is 5.75 Å². The number of hydrogen-bond donors (Lipinski definition) is 1. The molecule has 0 saturated heterocycles. The molecule has 1 aromatic carbocycles. The Kier molecular flexibility index (Phi) is 3.57. The first-order chi connectivity index (χ1) is 9.22. The van der Waals surface area contributed by atoms with E-state index >= 15 is 0 Å². The van der Waals surface area contributed by atoms with Crippen molar-refractivity contribution in [3.63, 3.8) is 0 Å².